The number of aromatic hydroxyl groups is 2. The number of hydrogen-bond donors (Lipinski definition) is 3. The minimum absolute atomic E-state index is 0. The second-order valence-electron chi connectivity index (χ2n) is 6.68. The first-order valence-corrected chi connectivity index (χ1v) is 8.42. The van der Waals surface area contributed by atoms with E-state index in [-0.39, 0.29) is 28.5 Å². The molecule has 3 rings (SSSR count). The maximum atomic E-state index is 9.90. The molecule has 0 spiro atoms. The lowest BCUT2D eigenvalue weighted by atomic mass is 10.0. The number of hydrogen-bond acceptors (Lipinski definition) is 3. The number of phenolic OH excluding ortho intramolecular Hbond substituents is 2. The normalized spacial score (nSPS) is 19.9. The zero-order valence-electron chi connectivity index (χ0n) is 14.0. The lowest BCUT2D eigenvalue weighted by Gasteiger charge is -2.15. The average molecular weight is 392 g/mol. The van der Waals surface area contributed by atoms with Crippen LogP contribution in [0.4, 0.5) is 0 Å². The van der Waals surface area contributed by atoms with Crippen molar-refractivity contribution in [2.75, 3.05) is 0 Å². The Morgan fingerprint density at radius 1 is 1.00 bits per heavy atom. The molecule has 2 aromatic rings. The van der Waals surface area contributed by atoms with Crippen molar-refractivity contribution in [3.63, 3.8) is 0 Å². The average Bonchev–Trinajstić information content (AvgIpc) is 2.97. The molecule has 1 heterocycles. The fourth-order valence-corrected chi connectivity index (χ4v) is 3.38. The zero-order valence-corrected chi connectivity index (χ0v) is 15.7. The van der Waals surface area contributed by atoms with Crippen LogP contribution in [-0.2, 0) is 12.8 Å². The van der Waals surface area contributed by atoms with Gasteiger partial charge in [0, 0.05) is 18.2 Å². The molecule has 130 valence electrons. The van der Waals surface area contributed by atoms with E-state index in [0.717, 1.165) is 31.2 Å². The van der Waals surface area contributed by atoms with E-state index in [2.05, 4.69) is 36.5 Å². The van der Waals surface area contributed by atoms with Gasteiger partial charge in [-0.25, -0.2) is 0 Å². The molecule has 24 heavy (non-hydrogen) atoms. The van der Waals surface area contributed by atoms with Crippen molar-refractivity contribution in [3.05, 3.63) is 59.2 Å². The standard InChI is InChI=1S/C20H25NO2.BrH/c1-14-2-4-15(5-3-14)6-8-17-9-10-18(21-17)12-16-7-11-19(22)13-20(16)23;/h2-5,7,11,13,17-18,21-23H,6,8-10,12H2,1H3;1H. The number of aryl methyl sites for hydroxylation is 2. The summed E-state index contributed by atoms with van der Waals surface area (Å²) in [5, 5.41) is 23.0. The van der Waals surface area contributed by atoms with Crippen LogP contribution in [0.1, 0.15) is 36.0 Å². The largest absolute Gasteiger partial charge is 0.508 e. The Labute approximate surface area is 154 Å². The highest BCUT2D eigenvalue weighted by Gasteiger charge is 2.24. The summed E-state index contributed by atoms with van der Waals surface area (Å²) in [5.41, 5.74) is 3.61. The lowest BCUT2D eigenvalue weighted by molar-refractivity contribution is 0.440. The monoisotopic (exact) mass is 391 g/mol. The number of phenols is 2. The summed E-state index contributed by atoms with van der Waals surface area (Å²) >= 11 is 0. The van der Waals surface area contributed by atoms with Gasteiger partial charge >= 0.3 is 0 Å². The Hall–Kier alpha value is -1.52. The van der Waals surface area contributed by atoms with Crippen LogP contribution in [0.5, 0.6) is 11.5 Å². The third-order valence-corrected chi connectivity index (χ3v) is 4.77. The van der Waals surface area contributed by atoms with Crippen molar-refractivity contribution in [2.45, 2.75) is 51.1 Å². The quantitative estimate of drug-likeness (QED) is 0.712. The molecular weight excluding hydrogens is 366 g/mol. The molecule has 3 N–H and O–H groups in total. The highest BCUT2D eigenvalue weighted by Crippen LogP contribution is 2.27. The second kappa shape index (κ2) is 8.54. The Kier molecular flexibility index (Phi) is 6.69. The molecule has 2 atom stereocenters. The van der Waals surface area contributed by atoms with E-state index < -0.39 is 0 Å². The van der Waals surface area contributed by atoms with Crippen LogP contribution in [0.3, 0.4) is 0 Å². The highest BCUT2D eigenvalue weighted by molar-refractivity contribution is 8.93. The van der Waals surface area contributed by atoms with Crippen molar-refractivity contribution >= 4 is 17.0 Å². The van der Waals surface area contributed by atoms with Crippen LogP contribution >= 0.6 is 17.0 Å². The minimum atomic E-state index is 0. The molecule has 0 amide bonds. The maximum Gasteiger partial charge on any atom is 0.122 e. The SMILES string of the molecule is Br.Cc1ccc(CCC2CCC(Cc3ccc(O)cc3O)N2)cc1. The van der Waals surface area contributed by atoms with Gasteiger partial charge in [-0.05, 0) is 56.2 Å². The van der Waals surface area contributed by atoms with Crippen molar-refractivity contribution in [1.29, 1.82) is 0 Å². The molecule has 3 nitrogen and oxygen atoms in total. The smallest absolute Gasteiger partial charge is 0.122 e. The summed E-state index contributed by atoms with van der Waals surface area (Å²) < 4.78 is 0. The predicted octanol–water partition coefficient (Wildman–Crippen LogP) is 4.28. The Morgan fingerprint density at radius 2 is 1.71 bits per heavy atom. The van der Waals surface area contributed by atoms with Gasteiger partial charge in [-0.2, -0.15) is 0 Å². The van der Waals surface area contributed by atoms with E-state index in [1.54, 1.807) is 6.07 Å². The summed E-state index contributed by atoms with van der Waals surface area (Å²) in [6.45, 7) is 2.12. The highest BCUT2D eigenvalue weighted by atomic mass is 79.9. The molecule has 0 saturated carbocycles. The molecule has 4 heteroatoms. The number of benzene rings is 2. The van der Waals surface area contributed by atoms with Gasteiger partial charge in [0.15, 0.2) is 0 Å². The maximum absolute atomic E-state index is 9.90. The van der Waals surface area contributed by atoms with Gasteiger partial charge in [-0.15, -0.1) is 17.0 Å². The van der Waals surface area contributed by atoms with Crippen molar-refractivity contribution in [1.82, 2.24) is 5.32 Å². The molecule has 2 aromatic carbocycles. The Balaban J connectivity index is 0.00000208. The first-order chi connectivity index (χ1) is 11.1. The summed E-state index contributed by atoms with van der Waals surface area (Å²) in [6.07, 6.45) is 5.40. The van der Waals surface area contributed by atoms with Crippen LogP contribution in [0.15, 0.2) is 42.5 Å². The van der Waals surface area contributed by atoms with E-state index in [1.165, 1.54) is 23.6 Å². The van der Waals surface area contributed by atoms with Crippen LogP contribution in [0.25, 0.3) is 0 Å². The molecule has 0 bridgehead atoms. The molecule has 0 radical (unpaired) electrons. The molecule has 1 aliphatic rings. The third-order valence-electron chi connectivity index (χ3n) is 4.77. The van der Waals surface area contributed by atoms with Crippen LogP contribution in [-0.4, -0.2) is 22.3 Å². The van der Waals surface area contributed by atoms with E-state index in [1.807, 2.05) is 6.07 Å². The van der Waals surface area contributed by atoms with Crippen molar-refractivity contribution < 1.29 is 10.2 Å². The molecular formula is C20H26BrNO2. The summed E-state index contributed by atoms with van der Waals surface area (Å²) in [6, 6.07) is 14.6. The van der Waals surface area contributed by atoms with Crippen molar-refractivity contribution in [3.8, 4) is 11.5 Å². The van der Waals surface area contributed by atoms with Crippen LogP contribution in [0, 0.1) is 6.92 Å². The first kappa shape index (κ1) is 18.8. The lowest BCUT2D eigenvalue weighted by Crippen LogP contribution is -2.31. The molecule has 1 fully saturated rings. The topological polar surface area (TPSA) is 52.5 Å². The number of rotatable bonds is 5. The summed E-state index contributed by atoms with van der Waals surface area (Å²) in [7, 11) is 0. The Morgan fingerprint density at radius 3 is 2.42 bits per heavy atom. The Bertz CT molecular complexity index is 657. The van der Waals surface area contributed by atoms with Gasteiger partial charge in [0.05, 0.1) is 0 Å². The molecule has 2 unspecified atom stereocenters. The van der Waals surface area contributed by atoms with Gasteiger partial charge in [0.2, 0.25) is 0 Å². The fourth-order valence-electron chi connectivity index (χ4n) is 3.38. The van der Waals surface area contributed by atoms with Gasteiger partial charge in [-0.3, -0.25) is 0 Å². The van der Waals surface area contributed by atoms with Gasteiger partial charge in [0.1, 0.15) is 11.5 Å². The van der Waals surface area contributed by atoms with Crippen LogP contribution in [0.2, 0.25) is 0 Å². The predicted molar refractivity (Wildman–Crippen MR) is 103 cm³/mol. The number of nitrogens with one attached hydrogen (secondary N) is 1. The van der Waals surface area contributed by atoms with E-state index in [4.69, 9.17) is 0 Å². The van der Waals surface area contributed by atoms with E-state index >= 15 is 0 Å². The summed E-state index contributed by atoms with van der Waals surface area (Å²) in [4.78, 5) is 0. The molecule has 1 saturated heterocycles. The fraction of sp³-hybridized carbons (Fsp3) is 0.400. The number of halogens is 1. The van der Waals surface area contributed by atoms with E-state index in [0.29, 0.717) is 12.1 Å². The third kappa shape index (κ3) is 4.99. The summed E-state index contributed by atoms with van der Waals surface area (Å²) in [5.74, 6) is 0.302. The van der Waals surface area contributed by atoms with Gasteiger partial charge in [0.25, 0.3) is 0 Å². The minimum Gasteiger partial charge on any atom is -0.508 e. The van der Waals surface area contributed by atoms with Gasteiger partial charge in [-0.1, -0.05) is 35.9 Å². The zero-order chi connectivity index (χ0) is 16.2. The first-order valence-electron chi connectivity index (χ1n) is 8.42. The second-order valence-corrected chi connectivity index (χ2v) is 6.68. The van der Waals surface area contributed by atoms with Crippen LogP contribution < -0.4 is 5.32 Å². The van der Waals surface area contributed by atoms with Gasteiger partial charge < -0.3 is 15.5 Å². The van der Waals surface area contributed by atoms with Crippen molar-refractivity contribution in [2.24, 2.45) is 0 Å². The van der Waals surface area contributed by atoms with E-state index in [9.17, 15) is 10.2 Å². The molecule has 1 aliphatic heterocycles. The molecule has 0 aromatic heterocycles. The molecule has 0 aliphatic carbocycles.